The Bertz CT molecular complexity index is 314. The van der Waals surface area contributed by atoms with Gasteiger partial charge in [-0.25, -0.2) is 0 Å². The van der Waals surface area contributed by atoms with Gasteiger partial charge in [0, 0.05) is 4.90 Å². The lowest BCUT2D eigenvalue weighted by molar-refractivity contribution is 0.638. The van der Waals surface area contributed by atoms with Crippen molar-refractivity contribution in [2.45, 2.75) is 23.8 Å². The first kappa shape index (κ1) is 8.75. The molecule has 68 valence electrons. The van der Waals surface area contributed by atoms with Crippen molar-refractivity contribution < 1.29 is 0 Å². The zero-order valence-electron chi connectivity index (χ0n) is 7.27. The van der Waals surface area contributed by atoms with E-state index in [1.165, 1.54) is 4.90 Å². The van der Waals surface area contributed by atoms with E-state index >= 15 is 0 Å². The lowest BCUT2D eigenvalue weighted by atomic mass is 10.0. The summed E-state index contributed by atoms with van der Waals surface area (Å²) in [4.78, 5) is 11.8. The Morgan fingerprint density at radius 3 is 3.08 bits per heavy atom. The summed E-state index contributed by atoms with van der Waals surface area (Å²) in [6.45, 7) is 0. The van der Waals surface area contributed by atoms with Gasteiger partial charge in [0.15, 0.2) is 0 Å². The molecule has 2 rings (SSSR count). The molecule has 1 aromatic carbocycles. The predicted octanol–water partition coefficient (Wildman–Crippen LogP) is 3.38. The number of rotatable bonds is 1. The molecule has 1 heterocycles. The molecule has 0 saturated heterocycles. The summed E-state index contributed by atoms with van der Waals surface area (Å²) in [5.74, 6) is 1.10. The minimum Gasteiger partial charge on any atom is -0.150 e. The number of fused-ring (bicyclic) bond motifs is 1. The Hall–Kier alpha value is -0.830. The van der Waals surface area contributed by atoms with Gasteiger partial charge in [0.25, 0.3) is 0 Å². The van der Waals surface area contributed by atoms with Crippen LogP contribution in [0.4, 0.5) is 0 Å². The van der Waals surface area contributed by atoms with Crippen LogP contribution < -0.4 is 0 Å². The topological polar surface area (TPSA) is 29.4 Å². The summed E-state index contributed by atoms with van der Waals surface area (Å²) in [6.07, 6.45) is 1.98. The quantitative estimate of drug-likeness (QED) is 0.640. The van der Waals surface area contributed by atoms with E-state index in [0.717, 1.165) is 24.2 Å². The molecule has 0 bridgehead atoms. The van der Waals surface area contributed by atoms with Crippen LogP contribution in [0.2, 0.25) is 0 Å². The molecule has 0 fully saturated rings. The molecule has 0 amide bonds. The number of hydrogen-bond acceptors (Lipinski definition) is 3. The molecule has 0 aliphatic carbocycles. The smallest absolute Gasteiger partial charge is 0.118 e. The highest BCUT2D eigenvalue weighted by atomic mass is 32.2. The molecule has 1 aliphatic heterocycles. The zero-order chi connectivity index (χ0) is 9.10. The molecule has 0 radical (unpaired) electrons. The Labute approximate surface area is 81.7 Å². The summed E-state index contributed by atoms with van der Waals surface area (Å²) in [5, 5.41) is 3.19. The molecular weight excluding hydrogens is 182 g/mol. The fraction of sp³-hybridized carbons (Fsp3) is 0.400. The highest BCUT2D eigenvalue weighted by molar-refractivity contribution is 7.99. The van der Waals surface area contributed by atoms with Gasteiger partial charge >= 0.3 is 0 Å². The Kier molecular flexibility index (Phi) is 2.64. The van der Waals surface area contributed by atoms with Crippen LogP contribution in [0.3, 0.4) is 0 Å². The van der Waals surface area contributed by atoms with E-state index in [9.17, 15) is 4.91 Å². The molecule has 0 aromatic heterocycles. The second-order valence-corrected chi connectivity index (χ2v) is 4.29. The highest BCUT2D eigenvalue weighted by Gasteiger charge is 2.18. The molecule has 2 nitrogen and oxygen atoms in total. The van der Waals surface area contributed by atoms with Crippen molar-refractivity contribution in [3.05, 3.63) is 34.7 Å². The van der Waals surface area contributed by atoms with Gasteiger partial charge in [-0.15, -0.1) is 11.8 Å². The van der Waals surface area contributed by atoms with Crippen molar-refractivity contribution in [1.29, 1.82) is 0 Å². The predicted molar refractivity (Wildman–Crippen MR) is 54.9 cm³/mol. The minimum atomic E-state index is -0.119. The van der Waals surface area contributed by atoms with Crippen LogP contribution in [-0.4, -0.2) is 5.75 Å². The summed E-state index contributed by atoms with van der Waals surface area (Å²) in [7, 11) is 0. The molecule has 0 spiro atoms. The Morgan fingerprint density at radius 1 is 1.38 bits per heavy atom. The average Bonchev–Trinajstić information content (AvgIpc) is 2.39. The number of thioether (sulfide) groups is 1. The Balaban J connectivity index is 2.41. The summed E-state index contributed by atoms with van der Waals surface area (Å²) in [5.41, 5.74) is 1.11. The van der Waals surface area contributed by atoms with Crippen molar-refractivity contribution in [2.24, 2.45) is 5.18 Å². The number of nitroso groups, excluding NO2 is 1. The van der Waals surface area contributed by atoms with E-state index in [1.54, 1.807) is 0 Å². The maximum atomic E-state index is 10.6. The van der Waals surface area contributed by atoms with E-state index in [4.69, 9.17) is 0 Å². The van der Waals surface area contributed by atoms with Crippen LogP contribution >= 0.6 is 11.8 Å². The van der Waals surface area contributed by atoms with Crippen molar-refractivity contribution in [1.82, 2.24) is 0 Å². The first-order valence-electron chi connectivity index (χ1n) is 4.46. The molecule has 3 heteroatoms. The van der Waals surface area contributed by atoms with E-state index in [-0.39, 0.29) is 6.04 Å². The largest absolute Gasteiger partial charge is 0.150 e. The molecule has 0 N–H and O–H groups in total. The van der Waals surface area contributed by atoms with Gasteiger partial charge in [0.1, 0.15) is 6.04 Å². The summed E-state index contributed by atoms with van der Waals surface area (Å²) >= 11 is 1.83. The van der Waals surface area contributed by atoms with Crippen LogP contribution in [-0.2, 0) is 0 Å². The van der Waals surface area contributed by atoms with Crippen LogP contribution in [0.15, 0.2) is 34.3 Å². The highest BCUT2D eigenvalue weighted by Crippen LogP contribution is 2.36. The monoisotopic (exact) mass is 193 g/mol. The number of hydrogen-bond donors (Lipinski definition) is 0. The third-order valence-corrected chi connectivity index (χ3v) is 3.46. The van der Waals surface area contributed by atoms with Crippen molar-refractivity contribution in [3.63, 3.8) is 0 Å². The summed E-state index contributed by atoms with van der Waals surface area (Å²) in [6, 6.07) is 7.96. The van der Waals surface area contributed by atoms with Gasteiger partial charge in [-0.2, -0.15) is 4.91 Å². The molecule has 1 unspecified atom stereocenters. The molecule has 13 heavy (non-hydrogen) atoms. The van der Waals surface area contributed by atoms with Gasteiger partial charge in [-0.3, -0.25) is 0 Å². The second-order valence-electron chi connectivity index (χ2n) is 3.15. The van der Waals surface area contributed by atoms with Gasteiger partial charge in [0.05, 0.1) is 0 Å². The molecular formula is C10H11NOS. The SMILES string of the molecule is O=NC1CCCSc2ccccc21. The fourth-order valence-corrected chi connectivity index (χ4v) is 2.69. The summed E-state index contributed by atoms with van der Waals surface area (Å²) < 4.78 is 0. The molecule has 0 saturated carbocycles. The van der Waals surface area contributed by atoms with Crippen LogP contribution in [0.25, 0.3) is 0 Å². The lowest BCUT2D eigenvalue weighted by Gasteiger charge is -2.07. The van der Waals surface area contributed by atoms with Gasteiger partial charge in [-0.05, 0) is 30.2 Å². The van der Waals surface area contributed by atoms with Gasteiger partial charge in [0.2, 0.25) is 0 Å². The van der Waals surface area contributed by atoms with Crippen molar-refractivity contribution >= 4 is 11.8 Å². The molecule has 1 aliphatic rings. The third kappa shape index (κ3) is 1.75. The Morgan fingerprint density at radius 2 is 2.23 bits per heavy atom. The normalized spacial score (nSPS) is 21.7. The van der Waals surface area contributed by atoms with E-state index in [2.05, 4.69) is 11.2 Å². The van der Waals surface area contributed by atoms with E-state index in [1.807, 2.05) is 30.0 Å². The third-order valence-electron chi connectivity index (χ3n) is 2.28. The molecule has 1 aromatic rings. The van der Waals surface area contributed by atoms with E-state index < -0.39 is 0 Å². The first-order valence-corrected chi connectivity index (χ1v) is 5.44. The van der Waals surface area contributed by atoms with E-state index in [0.29, 0.717) is 0 Å². The van der Waals surface area contributed by atoms with Crippen LogP contribution in [0.1, 0.15) is 24.4 Å². The van der Waals surface area contributed by atoms with Crippen LogP contribution in [0.5, 0.6) is 0 Å². The standard InChI is InChI=1S/C10H11NOS/c12-11-9-5-3-7-13-10-6-2-1-4-8(9)10/h1-2,4,6,9H,3,5,7H2. The zero-order valence-corrected chi connectivity index (χ0v) is 8.09. The fourth-order valence-electron chi connectivity index (χ4n) is 1.61. The molecule has 1 atom stereocenters. The van der Waals surface area contributed by atoms with Gasteiger partial charge in [-0.1, -0.05) is 23.4 Å². The maximum absolute atomic E-state index is 10.6. The average molecular weight is 193 g/mol. The maximum Gasteiger partial charge on any atom is 0.118 e. The van der Waals surface area contributed by atoms with Crippen LogP contribution in [0, 0.1) is 4.91 Å². The minimum absolute atomic E-state index is 0.119. The first-order chi connectivity index (χ1) is 6.42. The number of nitrogens with zero attached hydrogens (tertiary/aromatic N) is 1. The van der Waals surface area contributed by atoms with Crippen molar-refractivity contribution in [2.75, 3.05) is 5.75 Å². The number of benzene rings is 1. The van der Waals surface area contributed by atoms with Crippen molar-refractivity contribution in [3.8, 4) is 0 Å². The second kappa shape index (κ2) is 3.92. The van der Waals surface area contributed by atoms with Gasteiger partial charge < -0.3 is 0 Å². The lowest BCUT2D eigenvalue weighted by Crippen LogP contribution is -1.93.